The number of carbonyl (C=O) groups is 1. The van der Waals surface area contributed by atoms with Crippen LogP contribution in [-0.2, 0) is 6.18 Å². The number of carboxylic acids is 1. The molecular formula is C13H9F3N2O2. The van der Waals surface area contributed by atoms with Gasteiger partial charge in [-0.1, -0.05) is 6.07 Å². The molecule has 20 heavy (non-hydrogen) atoms. The molecule has 0 saturated carbocycles. The van der Waals surface area contributed by atoms with Crippen LogP contribution in [0, 0.1) is 6.92 Å². The lowest BCUT2D eigenvalue weighted by Gasteiger charge is -2.13. The Balaban J connectivity index is 2.71. The maximum absolute atomic E-state index is 13.0. The molecule has 7 heteroatoms. The number of pyridine rings is 2. The monoisotopic (exact) mass is 282 g/mol. The summed E-state index contributed by atoms with van der Waals surface area (Å²) >= 11 is 0. The summed E-state index contributed by atoms with van der Waals surface area (Å²) in [6.07, 6.45) is -3.35. The maximum atomic E-state index is 13.0. The zero-order chi connectivity index (χ0) is 14.9. The Morgan fingerprint density at radius 1 is 1.25 bits per heavy atom. The number of halogens is 3. The molecule has 0 saturated heterocycles. The molecule has 0 aliphatic rings. The first-order chi connectivity index (χ1) is 9.30. The van der Waals surface area contributed by atoms with Crippen molar-refractivity contribution in [1.82, 2.24) is 9.97 Å². The Morgan fingerprint density at radius 2 is 1.95 bits per heavy atom. The molecule has 0 amide bonds. The van der Waals surface area contributed by atoms with E-state index >= 15 is 0 Å². The van der Waals surface area contributed by atoms with Crippen LogP contribution in [0.1, 0.15) is 21.6 Å². The summed E-state index contributed by atoms with van der Waals surface area (Å²) in [6.45, 7) is 1.23. The average molecular weight is 282 g/mol. The van der Waals surface area contributed by atoms with Crippen molar-refractivity contribution in [2.24, 2.45) is 0 Å². The van der Waals surface area contributed by atoms with Crippen molar-refractivity contribution < 1.29 is 23.1 Å². The molecule has 0 aromatic carbocycles. The first-order valence-corrected chi connectivity index (χ1v) is 5.54. The van der Waals surface area contributed by atoms with Crippen LogP contribution in [0.4, 0.5) is 13.2 Å². The van der Waals surface area contributed by atoms with Crippen LogP contribution in [0.3, 0.4) is 0 Å². The van der Waals surface area contributed by atoms with Crippen LogP contribution in [0.5, 0.6) is 0 Å². The summed E-state index contributed by atoms with van der Waals surface area (Å²) in [6, 6.07) is 5.44. The van der Waals surface area contributed by atoms with E-state index < -0.39 is 23.3 Å². The number of hydrogen-bond acceptors (Lipinski definition) is 3. The van der Waals surface area contributed by atoms with Gasteiger partial charge < -0.3 is 5.11 Å². The molecule has 0 atom stereocenters. The van der Waals surface area contributed by atoms with Gasteiger partial charge in [-0.3, -0.25) is 9.97 Å². The van der Waals surface area contributed by atoms with Crippen molar-refractivity contribution >= 4 is 5.97 Å². The molecule has 104 valence electrons. The lowest BCUT2D eigenvalue weighted by Crippen LogP contribution is -2.16. The van der Waals surface area contributed by atoms with Gasteiger partial charge in [-0.05, 0) is 25.1 Å². The number of alkyl halides is 3. The van der Waals surface area contributed by atoms with Gasteiger partial charge in [0.25, 0.3) is 0 Å². The van der Waals surface area contributed by atoms with E-state index in [1.807, 2.05) is 0 Å². The van der Waals surface area contributed by atoms with Gasteiger partial charge >= 0.3 is 12.1 Å². The van der Waals surface area contributed by atoms with Crippen LogP contribution >= 0.6 is 0 Å². The summed E-state index contributed by atoms with van der Waals surface area (Å²) in [7, 11) is 0. The lowest BCUT2D eigenvalue weighted by molar-refractivity contribution is -0.138. The fourth-order valence-electron chi connectivity index (χ4n) is 1.81. The molecule has 4 nitrogen and oxygen atoms in total. The number of hydrogen-bond donors (Lipinski definition) is 1. The Morgan fingerprint density at radius 3 is 2.45 bits per heavy atom. The second-order valence-electron chi connectivity index (χ2n) is 4.03. The van der Waals surface area contributed by atoms with E-state index in [4.69, 9.17) is 5.11 Å². The minimum Gasteiger partial charge on any atom is -0.478 e. The van der Waals surface area contributed by atoms with Crippen molar-refractivity contribution in [3.05, 3.63) is 47.3 Å². The molecule has 2 aromatic heterocycles. The topological polar surface area (TPSA) is 63.1 Å². The molecule has 0 fully saturated rings. The van der Waals surface area contributed by atoms with E-state index in [2.05, 4.69) is 9.97 Å². The Hall–Kier alpha value is -2.44. The van der Waals surface area contributed by atoms with Gasteiger partial charge in [0, 0.05) is 6.20 Å². The quantitative estimate of drug-likeness (QED) is 0.919. The van der Waals surface area contributed by atoms with Crippen molar-refractivity contribution in [3.63, 3.8) is 0 Å². The van der Waals surface area contributed by atoms with Gasteiger partial charge in [-0.15, -0.1) is 0 Å². The third-order valence-corrected chi connectivity index (χ3v) is 2.65. The molecule has 0 bridgehead atoms. The van der Waals surface area contributed by atoms with Crippen LogP contribution in [0.15, 0.2) is 30.5 Å². The van der Waals surface area contributed by atoms with E-state index in [0.717, 1.165) is 0 Å². The van der Waals surface area contributed by atoms with E-state index in [0.29, 0.717) is 6.07 Å². The molecule has 2 rings (SSSR count). The Bertz CT molecular complexity index is 655. The largest absolute Gasteiger partial charge is 0.478 e. The number of aryl methyl sites for hydroxylation is 1. The molecule has 1 N–H and O–H groups in total. The number of nitrogens with zero attached hydrogens (tertiary/aromatic N) is 2. The van der Waals surface area contributed by atoms with Crippen LogP contribution in [0.25, 0.3) is 11.4 Å². The number of aromatic nitrogens is 2. The molecule has 0 radical (unpaired) electrons. The van der Waals surface area contributed by atoms with Gasteiger partial charge in [0.05, 0.1) is 28.2 Å². The summed E-state index contributed by atoms with van der Waals surface area (Å²) in [4.78, 5) is 18.8. The van der Waals surface area contributed by atoms with E-state index in [-0.39, 0.29) is 17.1 Å². The SMILES string of the molecule is Cc1nc(-c2ccccn2)cc(C(F)(F)F)c1C(=O)O. The number of rotatable bonds is 2. The molecule has 0 aliphatic heterocycles. The third-order valence-electron chi connectivity index (χ3n) is 2.65. The highest BCUT2D eigenvalue weighted by Crippen LogP contribution is 2.35. The zero-order valence-corrected chi connectivity index (χ0v) is 10.3. The Kier molecular flexibility index (Phi) is 3.44. The standard InChI is InChI=1S/C13H9F3N2O2/c1-7-11(12(19)20)8(13(14,15)16)6-10(18-7)9-4-2-3-5-17-9/h2-6H,1H3,(H,19,20). The highest BCUT2D eigenvalue weighted by atomic mass is 19.4. The Labute approximate surface area is 111 Å². The van der Waals surface area contributed by atoms with Crippen LogP contribution in [0.2, 0.25) is 0 Å². The van der Waals surface area contributed by atoms with E-state index in [9.17, 15) is 18.0 Å². The minimum absolute atomic E-state index is 0.0135. The fourth-order valence-corrected chi connectivity index (χ4v) is 1.81. The lowest BCUT2D eigenvalue weighted by atomic mass is 10.0. The number of carboxylic acid groups (broad SMARTS) is 1. The van der Waals surface area contributed by atoms with Crippen LogP contribution < -0.4 is 0 Å². The van der Waals surface area contributed by atoms with Crippen molar-refractivity contribution in [2.45, 2.75) is 13.1 Å². The second kappa shape index (κ2) is 4.92. The highest BCUT2D eigenvalue weighted by Gasteiger charge is 2.37. The van der Waals surface area contributed by atoms with Crippen molar-refractivity contribution in [3.8, 4) is 11.4 Å². The molecule has 2 heterocycles. The molecular weight excluding hydrogens is 273 g/mol. The molecule has 0 unspecified atom stereocenters. The predicted octanol–water partition coefficient (Wildman–Crippen LogP) is 3.17. The molecule has 0 spiro atoms. The van der Waals surface area contributed by atoms with Gasteiger partial charge in [0.15, 0.2) is 0 Å². The first kappa shape index (κ1) is 14.0. The second-order valence-corrected chi connectivity index (χ2v) is 4.03. The fraction of sp³-hybridized carbons (Fsp3) is 0.154. The predicted molar refractivity (Wildman–Crippen MR) is 64.2 cm³/mol. The highest BCUT2D eigenvalue weighted by molar-refractivity contribution is 5.91. The zero-order valence-electron chi connectivity index (χ0n) is 10.3. The van der Waals surface area contributed by atoms with Gasteiger partial charge in [0.2, 0.25) is 0 Å². The van der Waals surface area contributed by atoms with Crippen molar-refractivity contribution in [1.29, 1.82) is 0 Å². The molecule has 0 aliphatic carbocycles. The van der Waals surface area contributed by atoms with E-state index in [1.165, 1.54) is 19.2 Å². The van der Waals surface area contributed by atoms with Crippen LogP contribution in [-0.4, -0.2) is 21.0 Å². The average Bonchev–Trinajstić information content (AvgIpc) is 2.37. The summed E-state index contributed by atoms with van der Waals surface area (Å²) in [5.74, 6) is -1.66. The van der Waals surface area contributed by atoms with E-state index in [1.54, 1.807) is 12.1 Å². The summed E-state index contributed by atoms with van der Waals surface area (Å²) in [5.41, 5.74) is -2.03. The smallest absolute Gasteiger partial charge is 0.417 e. The van der Waals surface area contributed by atoms with Gasteiger partial charge in [-0.25, -0.2) is 4.79 Å². The van der Waals surface area contributed by atoms with Gasteiger partial charge in [0.1, 0.15) is 0 Å². The van der Waals surface area contributed by atoms with Gasteiger partial charge in [-0.2, -0.15) is 13.2 Å². The maximum Gasteiger partial charge on any atom is 0.417 e. The minimum atomic E-state index is -4.77. The normalized spacial score (nSPS) is 11.4. The summed E-state index contributed by atoms with van der Waals surface area (Å²) < 4.78 is 38.9. The van der Waals surface area contributed by atoms with Crippen molar-refractivity contribution in [2.75, 3.05) is 0 Å². The molecule has 2 aromatic rings. The summed E-state index contributed by atoms with van der Waals surface area (Å²) in [5, 5.41) is 8.92. The number of aromatic carboxylic acids is 1. The first-order valence-electron chi connectivity index (χ1n) is 5.54. The third kappa shape index (κ3) is 2.61.